The van der Waals surface area contributed by atoms with Crippen molar-refractivity contribution in [2.45, 2.75) is 117 Å². The minimum absolute atomic E-state index is 1.19. The summed E-state index contributed by atoms with van der Waals surface area (Å²) in [6, 6.07) is 0. The summed E-state index contributed by atoms with van der Waals surface area (Å²) in [5.74, 6) is 0. The molecule has 0 aromatic carbocycles. The smallest absolute Gasteiger partial charge is 0.0782 e. The Balaban J connectivity index is 3.05. The molecule has 0 unspecified atom stereocenters. The summed E-state index contributed by atoms with van der Waals surface area (Å²) in [6.45, 7) is 7.21. The fraction of sp³-hybridized carbons (Fsp3) is 1.00. The summed E-state index contributed by atoms with van der Waals surface area (Å²) in [4.78, 5) is 0. The van der Waals surface area contributed by atoms with Crippen molar-refractivity contribution in [3.63, 3.8) is 0 Å². The molecular formula is C22H48N+. The fourth-order valence-electron chi connectivity index (χ4n) is 3.25. The summed E-state index contributed by atoms with van der Waals surface area (Å²) < 4.78 is 1.19. The van der Waals surface area contributed by atoms with E-state index in [1.165, 1.54) is 120 Å². The highest BCUT2D eigenvalue weighted by Crippen LogP contribution is 2.14. The first-order chi connectivity index (χ1) is 11.1. The van der Waals surface area contributed by atoms with E-state index in [4.69, 9.17) is 0 Å². The zero-order valence-electron chi connectivity index (χ0n) is 17.2. The molecule has 0 heterocycles. The molecule has 0 atom stereocenters. The lowest BCUT2D eigenvalue weighted by Gasteiger charge is -2.28. The SMILES string of the molecule is CCCCCCCCCCCCCCCCCC[N+](C)(C)CC. The van der Waals surface area contributed by atoms with Gasteiger partial charge in [-0.15, -0.1) is 0 Å². The zero-order valence-corrected chi connectivity index (χ0v) is 17.2. The predicted octanol–water partition coefficient (Wildman–Crippen LogP) is 7.34. The van der Waals surface area contributed by atoms with E-state index in [9.17, 15) is 0 Å². The van der Waals surface area contributed by atoms with Crippen LogP contribution in [0.4, 0.5) is 0 Å². The third-order valence-corrected chi connectivity index (χ3v) is 5.47. The molecule has 0 rings (SSSR count). The van der Waals surface area contributed by atoms with Gasteiger partial charge in [0.1, 0.15) is 0 Å². The van der Waals surface area contributed by atoms with Crippen LogP contribution in [0.15, 0.2) is 0 Å². The Hall–Kier alpha value is -0.0400. The number of quaternary nitrogens is 1. The topological polar surface area (TPSA) is 0 Å². The average Bonchev–Trinajstić information content (AvgIpc) is 2.54. The molecule has 1 heteroatoms. The molecule has 0 amide bonds. The van der Waals surface area contributed by atoms with Crippen molar-refractivity contribution in [3.8, 4) is 0 Å². The van der Waals surface area contributed by atoms with E-state index in [1.807, 2.05) is 0 Å². The second kappa shape index (κ2) is 16.8. The van der Waals surface area contributed by atoms with Crippen molar-refractivity contribution >= 4 is 0 Å². The highest BCUT2D eigenvalue weighted by molar-refractivity contribution is 4.50. The molecule has 0 radical (unpaired) electrons. The van der Waals surface area contributed by atoms with Gasteiger partial charge in [0.25, 0.3) is 0 Å². The first-order valence-electron chi connectivity index (χ1n) is 10.9. The average molecular weight is 327 g/mol. The van der Waals surface area contributed by atoms with E-state index in [-0.39, 0.29) is 0 Å². The number of unbranched alkanes of at least 4 members (excludes halogenated alkanes) is 15. The van der Waals surface area contributed by atoms with Crippen LogP contribution >= 0.6 is 0 Å². The van der Waals surface area contributed by atoms with Crippen LogP contribution in [0.25, 0.3) is 0 Å². The minimum Gasteiger partial charge on any atom is -0.329 e. The lowest BCUT2D eigenvalue weighted by molar-refractivity contribution is -0.888. The lowest BCUT2D eigenvalue weighted by atomic mass is 10.0. The van der Waals surface area contributed by atoms with Gasteiger partial charge in [-0.1, -0.05) is 96.8 Å². The van der Waals surface area contributed by atoms with E-state index in [1.54, 1.807) is 0 Å². The normalized spacial score (nSPS) is 12.0. The summed E-state index contributed by atoms with van der Waals surface area (Å²) in [6.07, 6.45) is 23.4. The third-order valence-electron chi connectivity index (χ3n) is 5.47. The van der Waals surface area contributed by atoms with Crippen LogP contribution < -0.4 is 0 Å². The monoisotopic (exact) mass is 326 g/mol. The molecule has 1 nitrogen and oxygen atoms in total. The van der Waals surface area contributed by atoms with Crippen LogP contribution in [0, 0.1) is 0 Å². The van der Waals surface area contributed by atoms with Crippen LogP contribution in [0.2, 0.25) is 0 Å². The largest absolute Gasteiger partial charge is 0.329 e. The molecule has 23 heavy (non-hydrogen) atoms. The van der Waals surface area contributed by atoms with E-state index < -0.39 is 0 Å². The summed E-state index contributed by atoms with van der Waals surface area (Å²) in [5.41, 5.74) is 0. The third kappa shape index (κ3) is 18.1. The molecular weight excluding hydrogens is 278 g/mol. The van der Waals surface area contributed by atoms with Gasteiger partial charge >= 0.3 is 0 Å². The van der Waals surface area contributed by atoms with Crippen molar-refractivity contribution in [2.24, 2.45) is 0 Å². The molecule has 0 aliphatic rings. The van der Waals surface area contributed by atoms with Gasteiger partial charge in [-0.2, -0.15) is 0 Å². The van der Waals surface area contributed by atoms with Crippen LogP contribution in [-0.2, 0) is 0 Å². The molecule has 0 aliphatic heterocycles. The van der Waals surface area contributed by atoms with Crippen LogP contribution in [-0.4, -0.2) is 31.7 Å². The lowest BCUT2D eigenvalue weighted by Crippen LogP contribution is -2.39. The minimum atomic E-state index is 1.19. The maximum atomic E-state index is 2.35. The Bertz CT molecular complexity index is 222. The maximum absolute atomic E-state index is 2.35. The molecule has 0 spiro atoms. The van der Waals surface area contributed by atoms with Gasteiger partial charge in [0.15, 0.2) is 0 Å². The summed E-state index contributed by atoms with van der Waals surface area (Å²) in [7, 11) is 4.70. The number of hydrogen-bond acceptors (Lipinski definition) is 0. The van der Waals surface area contributed by atoms with Crippen LogP contribution in [0.3, 0.4) is 0 Å². The van der Waals surface area contributed by atoms with Crippen molar-refractivity contribution in [3.05, 3.63) is 0 Å². The van der Waals surface area contributed by atoms with E-state index in [0.29, 0.717) is 0 Å². The molecule has 0 aromatic heterocycles. The van der Waals surface area contributed by atoms with E-state index in [0.717, 1.165) is 0 Å². The van der Waals surface area contributed by atoms with Crippen LogP contribution in [0.1, 0.15) is 117 Å². The van der Waals surface area contributed by atoms with Gasteiger partial charge in [0.2, 0.25) is 0 Å². The highest BCUT2D eigenvalue weighted by Gasteiger charge is 2.09. The molecule has 0 saturated heterocycles. The van der Waals surface area contributed by atoms with Crippen molar-refractivity contribution < 1.29 is 4.48 Å². The van der Waals surface area contributed by atoms with E-state index >= 15 is 0 Å². The van der Waals surface area contributed by atoms with Gasteiger partial charge in [-0.25, -0.2) is 0 Å². The highest BCUT2D eigenvalue weighted by atomic mass is 15.3. The van der Waals surface area contributed by atoms with Gasteiger partial charge < -0.3 is 4.48 Å². The Morgan fingerprint density at radius 3 is 1.04 bits per heavy atom. The standard InChI is InChI=1S/C22H48N/c1-5-7-8-9-10-11-12-13-14-15-16-17-18-19-20-21-22-23(3,4)6-2/h5-22H2,1-4H3/q+1. The molecule has 0 saturated carbocycles. The molecule has 0 bridgehead atoms. The van der Waals surface area contributed by atoms with Crippen molar-refractivity contribution in [1.82, 2.24) is 0 Å². The Morgan fingerprint density at radius 1 is 0.435 bits per heavy atom. The number of nitrogens with zero attached hydrogens (tertiary/aromatic N) is 1. The molecule has 0 fully saturated rings. The van der Waals surface area contributed by atoms with Gasteiger partial charge in [-0.3, -0.25) is 0 Å². The summed E-state index contributed by atoms with van der Waals surface area (Å²) in [5, 5.41) is 0. The van der Waals surface area contributed by atoms with Crippen LogP contribution in [0.5, 0.6) is 0 Å². The van der Waals surface area contributed by atoms with Crippen molar-refractivity contribution in [2.75, 3.05) is 27.2 Å². The molecule has 0 N–H and O–H groups in total. The predicted molar refractivity (Wildman–Crippen MR) is 107 cm³/mol. The van der Waals surface area contributed by atoms with Gasteiger partial charge in [0, 0.05) is 0 Å². The van der Waals surface area contributed by atoms with Crippen molar-refractivity contribution in [1.29, 1.82) is 0 Å². The Morgan fingerprint density at radius 2 is 0.739 bits per heavy atom. The quantitative estimate of drug-likeness (QED) is 0.182. The number of rotatable bonds is 18. The first kappa shape index (κ1) is 23.0. The number of hydrogen-bond donors (Lipinski definition) is 0. The zero-order chi connectivity index (χ0) is 17.2. The van der Waals surface area contributed by atoms with Gasteiger partial charge in [0.05, 0.1) is 27.2 Å². The van der Waals surface area contributed by atoms with E-state index in [2.05, 4.69) is 27.9 Å². The summed E-state index contributed by atoms with van der Waals surface area (Å²) >= 11 is 0. The molecule has 0 aliphatic carbocycles. The second-order valence-electron chi connectivity index (χ2n) is 8.28. The Labute approximate surface area is 148 Å². The maximum Gasteiger partial charge on any atom is 0.0782 e. The second-order valence-corrected chi connectivity index (χ2v) is 8.28. The Kier molecular flexibility index (Phi) is 16.8. The molecule has 0 aromatic rings. The van der Waals surface area contributed by atoms with Gasteiger partial charge in [-0.05, 0) is 19.8 Å². The first-order valence-corrected chi connectivity index (χ1v) is 10.9. The molecule has 140 valence electrons. The fourth-order valence-corrected chi connectivity index (χ4v) is 3.25.